The van der Waals surface area contributed by atoms with Crippen molar-refractivity contribution in [3.05, 3.63) is 106 Å². The molecule has 0 aliphatic heterocycles. The number of fused-ring (bicyclic) bond motifs is 2. The molecule has 0 radical (unpaired) electrons. The summed E-state index contributed by atoms with van der Waals surface area (Å²) in [5.41, 5.74) is 4.47. The first kappa shape index (κ1) is 27.9. The van der Waals surface area contributed by atoms with Crippen LogP contribution in [0.5, 0.6) is 0 Å². The molecule has 2 aromatic heterocycles. The molecule has 0 saturated heterocycles. The molecule has 0 spiro atoms. The Bertz CT molecular complexity index is 1930. The lowest BCUT2D eigenvalue weighted by molar-refractivity contribution is -0.142. The van der Waals surface area contributed by atoms with Gasteiger partial charge in [-0.15, -0.1) is 0 Å². The Hall–Kier alpha value is -5.26. The molecule has 0 unspecified atom stereocenters. The van der Waals surface area contributed by atoms with Crippen molar-refractivity contribution in [3.8, 4) is 11.1 Å². The third kappa shape index (κ3) is 5.89. The first-order chi connectivity index (χ1) is 20.7. The number of halogens is 3. The number of nitrogens with one attached hydrogen (secondary N) is 1. The van der Waals surface area contributed by atoms with Crippen molar-refractivity contribution in [1.29, 1.82) is 0 Å². The van der Waals surface area contributed by atoms with Crippen LogP contribution in [-0.2, 0) is 13.1 Å². The number of alkyl halides is 3. The van der Waals surface area contributed by atoms with E-state index in [0.29, 0.717) is 12.1 Å². The molecule has 218 valence electrons. The number of amides is 1. The summed E-state index contributed by atoms with van der Waals surface area (Å²) in [6.45, 7) is -0.563. The van der Waals surface area contributed by atoms with Gasteiger partial charge in [0.05, 0.1) is 23.9 Å². The molecule has 0 saturated carbocycles. The largest absolute Gasteiger partial charge is 0.478 e. The maximum absolute atomic E-state index is 13.0. The van der Waals surface area contributed by atoms with Gasteiger partial charge in [0.15, 0.2) is 5.82 Å². The maximum atomic E-state index is 13.0. The number of hydrogen-bond donors (Lipinski definition) is 2. The van der Waals surface area contributed by atoms with Crippen LogP contribution < -0.4 is 15.8 Å². The zero-order valence-electron chi connectivity index (χ0n) is 22.7. The van der Waals surface area contributed by atoms with Crippen LogP contribution in [0.1, 0.15) is 39.4 Å². The van der Waals surface area contributed by atoms with Gasteiger partial charge in [-0.05, 0) is 70.3 Å². The molecule has 2 N–H and O–H groups in total. The molecule has 9 nitrogen and oxygen atoms in total. The molecular weight excluding hydrogens is 561 g/mol. The van der Waals surface area contributed by atoms with Crippen molar-refractivity contribution < 1.29 is 27.9 Å². The number of nitrogens with zero attached hydrogens (tertiary/aromatic N) is 5. The second-order valence-corrected chi connectivity index (χ2v) is 10.2. The van der Waals surface area contributed by atoms with E-state index in [4.69, 9.17) is 0 Å². The van der Waals surface area contributed by atoms with Crippen LogP contribution in [0.3, 0.4) is 0 Å². The number of benzene rings is 2. The van der Waals surface area contributed by atoms with Gasteiger partial charge >= 0.3 is 12.1 Å². The van der Waals surface area contributed by atoms with Crippen LogP contribution in [0.4, 0.5) is 13.2 Å². The fourth-order valence-electron chi connectivity index (χ4n) is 5.34. The molecule has 12 heteroatoms. The summed E-state index contributed by atoms with van der Waals surface area (Å²) in [6.07, 6.45) is 7.78. The fraction of sp³-hybridized carbons (Fsp3) is 0.194. The lowest BCUT2D eigenvalue weighted by Gasteiger charge is -2.08. The topological polar surface area (TPSA) is 115 Å². The van der Waals surface area contributed by atoms with Crippen molar-refractivity contribution in [3.63, 3.8) is 0 Å². The fourth-order valence-corrected chi connectivity index (χ4v) is 5.34. The Labute approximate surface area is 243 Å². The molecule has 2 heterocycles. The molecule has 0 atom stereocenters. The number of aromatic nitrogens is 5. The third-order valence-corrected chi connectivity index (χ3v) is 7.29. The number of aromatic carboxylic acids is 1. The van der Waals surface area contributed by atoms with E-state index in [2.05, 4.69) is 32.6 Å². The van der Waals surface area contributed by atoms with Crippen molar-refractivity contribution in [1.82, 2.24) is 29.9 Å². The first-order valence-electron chi connectivity index (χ1n) is 13.5. The molecule has 43 heavy (non-hydrogen) atoms. The average molecular weight is 587 g/mol. The molecule has 1 amide bonds. The Kier molecular flexibility index (Phi) is 7.26. The summed E-state index contributed by atoms with van der Waals surface area (Å²) < 4.78 is 41.7. The Morgan fingerprint density at radius 2 is 1.84 bits per heavy atom. The van der Waals surface area contributed by atoms with Crippen molar-refractivity contribution >= 4 is 29.1 Å². The standard InChI is InChI=1S/C31H25F3N6O3/c32-31(33,34)17-40-28(36-18-38-40)22-13-21-5-3-4-20-12-19(8-9-24(20)27(21)14-22)23-15-37-39(16-23)11-10-35-29(41)25-6-1-2-7-26(25)30(42)43/h1-2,4,6-9,12-16,18H,3,5,10-11,17H2,(H,35,41)(H,42,43). The highest BCUT2D eigenvalue weighted by molar-refractivity contribution is 6.04. The van der Waals surface area contributed by atoms with E-state index in [1.807, 2.05) is 30.5 Å². The molecule has 0 bridgehead atoms. The van der Waals surface area contributed by atoms with E-state index in [1.165, 1.54) is 12.1 Å². The number of carboxylic acid groups (broad SMARTS) is 1. The monoisotopic (exact) mass is 586 g/mol. The smallest absolute Gasteiger partial charge is 0.408 e. The van der Waals surface area contributed by atoms with Crippen LogP contribution in [-0.4, -0.2) is 54.2 Å². The minimum atomic E-state index is -4.40. The maximum Gasteiger partial charge on any atom is 0.408 e. The van der Waals surface area contributed by atoms with Gasteiger partial charge in [0, 0.05) is 23.9 Å². The van der Waals surface area contributed by atoms with Gasteiger partial charge in [0.25, 0.3) is 5.91 Å². The number of allylic oxidation sites excluding steroid dienone is 4. The van der Waals surface area contributed by atoms with E-state index in [0.717, 1.165) is 56.6 Å². The summed E-state index contributed by atoms with van der Waals surface area (Å²) in [5, 5.41) is 22.2. The predicted molar refractivity (Wildman–Crippen MR) is 152 cm³/mol. The van der Waals surface area contributed by atoms with Gasteiger partial charge in [-0.3, -0.25) is 9.48 Å². The summed E-state index contributed by atoms with van der Waals surface area (Å²) >= 11 is 0. The van der Waals surface area contributed by atoms with E-state index < -0.39 is 24.6 Å². The highest BCUT2D eigenvalue weighted by Crippen LogP contribution is 2.33. The number of carbonyl (C=O) groups excluding carboxylic acids is 1. The van der Waals surface area contributed by atoms with Gasteiger partial charge in [-0.2, -0.15) is 23.4 Å². The average Bonchev–Trinajstić information content (AvgIpc) is 3.70. The summed E-state index contributed by atoms with van der Waals surface area (Å²) in [6, 6.07) is 12.1. The van der Waals surface area contributed by atoms with Gasteiger partial charge < -0.3 is 10.4 Å². The molecule has 2 aliphatic carbocycles. The summed E-state index contributed by atoms with van der Waals surface area (Å²) in [4.78, 5) is 28.0. The number of hydrogen-bond acceptors (Lipinski definition) is 5. The molecule has 4 aromatic rings. The zero-order chi connectivity index (χ0) is 30.1. The van der Waals surface area contributed by atoms with Crippen LogP contribution in [0, 0.1) is 0 Å². The molecule has 2 aliphatic rings. The second kappa shape index (κ2) is 11.2. The predicted octanol–water partition coefficient (Wildman–Crippen LogP) is 3.58. The van der Waals surface area contributed by atoms with Crippen LogP contribution in [0.15, 0.2) is 78.9 Å². The quantitative estimate of drug-likeness (QED) is 0.326. The minimum Gasteiger partial charge on any atom is -0.478 e. The highest BCUT2D eigenvalue weighted by Gasteiger charge is 2.31. The van der Waals surface area contributed by atoms with E-state index >= 15 is 0 Å². The normalized spacial score (nSPS) is 14.3. The van der Waals surface area contributed by atoms with E-state index in [9.17, 15) is 27.9 Å². The molecule has 6 rings (SSSR count). The second-order valence-electron chi connectivity index (χ2n) is 10.2. The van der Waals surface area contributed by atoms with Gasteiger partial charge in [0.1, 0.15) is 12.9 Å². The molecule has 2 aromatic carbocycles. The van der Waals surface area contributed by atoms with Crippen molar-refractivity contribution in [2.75, 3.05) is 6.54 Å². The van der Waals surface area contributed by atoms with Gasteiger partial charge in [-0.1, -0.05) is 30.3 Å². The summed E-state index contributed by atoms with van der Waals surface area (Å²) in [5.74, 6) is -1.45. The van der Waals surface area contributed by atoms with Crippen molar-refractivity contribution in [2.45, 2.75) is 32.1 Å². The third-order valence-electron chi connectivity index (χ3n) is 7.29. The zero-order valence-corrected chi connectivity index (χ0v) is 22.7. The summed E-state index contributed by atoms with van der Waals surface area (Å²) in [7, 11) is 0. The SMILES string of the molecule is O=C(O)c1ccccc1C(=O)NCCn1cc(-c2ccc3c(c2)=CCCC2=CC(c4ncnn4CC(F)(F)F)=CC=32)cn1. The highest BCUT2D eigenvalue weighted by atomic mass is 19.4. The molecular formula is C31H25F3N6O3. The van der Waals surface area contributed by atoms with Gasteiger partial charge in [0.2, 0.25) is 0 Å². The van der Waals surface area contributed by atoms with E-state index in [-0.39, 0.29) is 23.5 Å². The van der Waals surface area contributed by atoms with Crippen LogP contribution in [0.2, 0.25) is 0 Å². The Balaban J connectivity index is 1.20. The number of rotatable bonds is 8. The van der Waals surface area contributed by atoms with Gasteiger partial charge in [-0.25, -0.2) is 14.5 Å². The Morgan fingerprint density at radius 3 is 2.63 bits per heavy atom. The lowest BCUT2D eigenvalue weighted by Crippen LogP contribution is -2.28. The molecule has 0 fully saturated rings. The number of carboxylic acids is 1. The Morgan fingerprint density at radius 1 is 1.02 bits per heavy atom. The van der Waals surface area contributed by atoms with Crippen molar-refractivity contribution in [2.24, 2.45) is 0 Å². The number of carbonyl (C=O) groups is 2. The van der Waals surface area contributed by atoms with Crippen LogP contribution in [0.25, 0.3) is 28.3 Å². The van der Waals surface area contributed by atoms with Crippen LogP contribution >= 0.6 is 0 Å². The lowest BCUT2D eigenvalue weighted by atomic mass is 10.0. The van der Waals surface area contributed by atoms with E-state index in [1.54, 1.807) is 23.0 Å². The minimum absolute atomic E-state index is 0.0591. The first-order valence-corrected chi connectivity index (χ1v) is 13.5.